The van der Waals surface area contributed by atoms with Crippen molar-refractivity contribution < 1.29 is 14.4 Å². The van der Waals surface area contributed by atoms with Crippen molar-refractivity contribution in [3.05, 3.63) is 77.4 Å². The van der Waals surface area contributed by atoms with Crippen LogP contribution in [0.5, 0.6) is 0 Å². The molecule has 0 fully saturated rings. The van der Waals surface area contributed by atoms with Crippen LogP contribution in [-0.4, -0.2) is 44.1 Å². The molecule has 0 saturated carbocycles. The van der Waals surface area contributed by atoms with E-state index in [1.807, 2.05) is 54.6 Å². The molecule has 0 aliphatic rings. The lowest BCUT2D eigenvalue weighted by atomic mass is 10.1. The average molecular weight is 517 g/mol. The normalized spacial score (nSPS) is 11.4. The Morgan fingerprint density at radius 3 is 2.76 bits per heavy atom. The van der Waals surface area contributed by atoms with Crippen LogP contribution < -0.4 is 5.48 Å². The first kappa shape index (κ1) is 24.6. The molecule has 2 aromatic carbocycles. The standard InChI is InChI=1S/C27H25ClN6O3/c1-17(2)27(35)36-12-13-37-32-24-8-6-20(15-21(24)28)23-9-10-25-26(30-23)34(33-31-25)16-18-5-7-22-19(14-18)4-3-11-29-22/h3-11,14-15,17,32H,12-13,16H2,1-2H3. The van der Waals surface area contributed by atoms with Gasteiger partial charge in [0.05, 0.1) is 34.4 Å². The van der Waals surface area contributed by atoms with Crippen LogP contribution in [0.2, 0.25) is 5.02 Å². The molecule has 3 heterocycles. The highest BCUT2D eigenvalue weighted by molar-refractivity contribution is 6.33. The topological polar surface area (TPSA) is 104 Å². The molecule has 0 atom stereocenters. The molecule has 3 aromatic heterocycles. The van der Waals surface area contributed by atoms with E-state index in [1.54, 1.807) is 24.7 Å². The van der Waals surface area contributed by atoms with Crippen LogP contribution in [0.3, 0.4) is 0 Å². The number of nitrogens with one attached hydrogen (secondary N) is 1. The number of aromatic nitrogens is 5. The van der Waals surface area contributed by atoms with E-state index < -0.39 is 0 Å². The number of rotatable bonds is 9. The lowest BCUT2D eigenvalue weighted by molar-refractivity contribution is -0.148. The fraction of sp³-hybridized carbons (Fsp3) is 0.222. The third kappa shape index (κ3) is 5.68. The number of nitrogens with zero attached hydrogens (tertiary/aromatic N) is 5. The predicted molar refractivity (Wildman–Crippen MR) is 142 cm³/mol. The van der Waals surface area contributed by atoms with Crippen molar-refractivity contribution in [1.82, 2.24) is 25.0 Å². The summed E-state index contributed by atoms with van der Waals surface area (Å²) in [5.41, 5.74) is 8.40. The number of fused-ring (bicyclic) bond motifs is 2. The second-order valence-electron chi connectivity index (χ2n) is 8.78. The number of carbonyl (C=O) groups is 1. The van der Waals surface area contributed by atoms with Gasteiger partial charge in [-0.2, -0.15) is 0 Å². The summed E-state index contributed by atoms with van der Waals surface area (Å²) >= 11 is 6.48. The number of pyridine rings is 2. The number of benzene rings is 2. The summed E-state index contributed by atoms with van der Waals surface area (Å²) < 4.78 is 6.87. The monoisotopic (exact) mass is 516 g/mol. The van der Waals surface area contributed by atoms with Gasteiger partial charge in [0.2, 0.25) is 0 Å². The van der Waals surface area contributed by atoms with E-state index in [9.17, 15) is 4.79 Å². The Labute approximate surface area is 218 Å². The average Bonchev–Trinajstić information content (AvgIpc) is 3.30. The van der Waals surface area contributed by atoms with Crippen LogP contribution in [-0.2, 0) is 20.9 Å². The number of halogens is 1. The zero-order valence-electron chi connectivity index (χ0n) is 20.4. The van der Waals surface area contributed by atoms with Gasteiger partial charge in [-0.25, -0.2) is 9.67 Å². The van der Waals surface area contributed by atoms with Crippen LogP contribution in [0.15, 0.2) is 66.9 Å². The van der Waals surface area contributed by atoms with Crippen LogP contribution in [0.25, 0.3) is 33.3 Å². The zero-order chi connectivity index (χ0) is 25.8. The molecule has 0 radical (unpaired) electrons. The highest BCUT2D eigenvalue weighted by atomic mass is 35.5. The van der Waals surface area contributed by atoms with Crippen molar-refractivity contribution in [3.8, 4) is 11.3 Å². The van der Waals surface area contributed by atoms with E-state index in [0.717, 1.165) is 27.7 Å². The maximum atomic E-state index is 11.5. The minimum Gasteiger partial charge on any atom is -0.463 e. The first-order valence-electron chi connectivity index (χ1n) is 11.9. The highest BCUT2D eigenvalue weighted by Gasteiger charge is 2.12. The number of anilines is 1. The Morgan fingerprint density at radius 2 is 1.92 bits per heavy atom. The van der Waals surface area contributed by atoms with Gasteiger partial charge in [0.15, 0.2) is 5.65 Å². The van der Waals surface area contributed by atoms with Crippen LogP contribution in [0.4, 0.5) is 5.69 Å². The predicted octanol–water partition coefficient (Wildman–Crippen LogP) is 5.29. The zero-order valence-corrected chi connectivity index (χ0v) is 21.1. The number of ether oxygens (including phenoxy) is 1. The fourth-order valence-electron chi connectivity index (χ4n) is 3.75. The SMILES string of the molecule is CC(C)C(=O)OCCONc1ccc(-c2ccc3nnn(Cc4ccc5ncccc5c4)c3n2)cc1Cl. The van der Waals surface area contributed by atoms with Gasteiger partial charge in [-0.15, -0.1) is 5.10 Å². The van der Waals surface area contributed by atoms with Gasteiger partial charge in [-0.05, 0) is 48.0 Å². The molecule has 5 rings (SSSR count). The molecule has 0 aliphatic heterocycles. The smallest absolute Gasteiger partial charge is 0.308 e. The number of esters is 1. The summed E-state index contributed by atoms with van der Waals surface area (Å²) in [6, 6.07) is 19.4. The Balaban J connectivity index is 1.29. The molecule has 0 saturated heterocycles. The molecule has 10 heteroatoms. The molecule has 9 nitrogen and oxygen atoms in total. The largest absolute Gasteiger partial charge is 0.463 e. The van der Waals surface area contributed by atoms with E-state index in [4.69, 9.17) is 26.2 Å². The maximum Gasteiger partial charge on any atom is 0.308 e. The molecule has 0 bridgehead atoms. The summed E-state index contributed by atoms with van der Waals surface area (Å²) in [7, 11) is 0. The van der Waals surface area contributed by atoms with Crippen molar-refractivity contribution in [2.24, 2.45) is 5.92 Å². The third-order valence-corrected chi connectivity index (χ3v) is 6.02. The summed E-state index contributed by atoms with van der Waals surface area (Å²) in [4.78, 5) is 26.1. The molecule has 0 spiro atoms. The van der Waals surface area contributed by atoms with E-state index in [1.165, 1.54) is 0 Å². The van der Waals surface area contributed by atoms with Gasteiger partial charge in [0, 0.05) is 17.1 Å². The lowest BCUT2D eigenvalue weighted by Crippen LogP contribution is -2.16. The van der Waals surface area contributed by atoms with Crippen molar-refractivity contribution in [1.29, 1.82) is 0 Å². The first-order chi connectivity index (χ1) is 18.0. The van der Waals surface area contributed by atoms with Gasteiger partial charge in [-0.3, -0.25) is 20.1 Å². The van der Waals surface area contributed by atoms with E-state index >= 15 is 0 Å². The highest BCUT2D eigenvalue weighted by Crippen LogP contribution is 2.29. The second-order valence-corrected chi connectivity index (χ2v) is 9.19. The number of hydrogen-bond acceptors (Lipinski definition) is 8. The summed E-state index contributed by atoms with van der Waals surface area (Å²) in [6.07, 6.45) is 1.79. The van der Waals surface area contributed by atoms with E-state index in [0.29, 0.717) is 28.4 Å². The molecular formula is C27H25ClN6O3. The Hall–Kier alpha value is -4.08. The molecule has 5 aromatic rings. The minimum absolute atomic E-state index is 0.154. The van der Waals surface area contributed by atoms with Crippen LogP contribution in [0.1, 0.15) is 19.4 Å². The second kappa shape index (κ2) is 10.9. The molecule has 0 amide bonds. The third-order valence-electron chi connectivity index (χ3n) is 5.71. The van der Waals surface area contributed by atoms with Crippen LogP contribution >= 0.6 is 11.6 Å². The quantitative estimate of drug-likeness (QED) is 0.160. The van der Waals surface area contributed by atoms with Gasteiger partial charge in [0.1, 0.15) is 18.7 Å². The van der Waals surface area contributed by atoms with Crippen molar-refractivity contribution in [2.75, 3.05) is 18.7 Å². The minimum atomic E-state index is -0.262. The first-order valence-corrected chi connectivity index (χ1v) is 12.2. The summed E-state index contributed by atoms with van der Waals surface area (Å²) in [5.74, 6) is -0.435. The van der Waals surface area contributed by atoms with Crippen LogP contribution in [0, 0.1) is 5.92 Å². The molecule has 37 heavy (non-hydrogen) atoms. The number of hydrogen-bond donors (Lipinski definition) is 1. The summed E-state index contributed by atoms with van der Waals surface area (Å²) in [5, 5.41) is 10.1. The Kier molecular flexibility index (Phi) is 7.25. The van der Waals surface area contributed by atoms with Crippen molar-refractivity contribution >= 4 is 45.3 Å². The van der Waals surface area contributed by atoms with E-state index in [2.05, 4.69) is 26.8 Å². The Bertz CT molecular complexity index is 1570. The molecule has 188 valence electrons. The van der Waals surface area contributed by atoms with Crippen molar-refractivity contribution in [2.45, 2.75) is 20.4 Å². The number of carbonyl (C=O) groups excluding carboxylic acids is 1. The van der Waals surface area contributed by atoms with Gasteiger partial charge >= 0.3 is 5.97 Å². The molecule has 0 unspecified atom stereocenters. The molecule has 0 aliphatic carbocycles. The Morgan fingerprint density at radius 1 is 1.05 bits per heavy atom. The van der Waals surface area contributed by atoms with Gasteiger partial charge < -0.3 is 4.74 Å². The molecular weight excluding hydrogens is 492 g/mol. The van der Waals surface area contributed by atoms with Crippen molar-refractivity contribution in [3.63, 3.8) is 0 Å². The summed E-state index contributed by atoms with van der Waals surface area (Å²) in [6.45, 7) is 4.44. The lowest BCUT2D eigenvalue weighted by Gasteiger charge is -2.11. The maximum absolute atomic E-state index is 11.5. The molecule has 1 N–H and O–H groups in total. The van der Waals surface area contributed by atoms with Gasteiger partial charge in [0.25, 0.3) is 0 Å². The van der Waals surface area contributed by atoms with Gasteiger partial charge in [-0.1, -0.05) is 48.9 Å². The fourth-order valence-corrected chi connectivity index (χ4v) is 3.97. The van der Waals surface area contributed by atoms with E-state index in [-0.39, 0.29) is 25.1 Å².